The van der Waals surface area contributed by atoms with E-state index in [0.29, 0.717) is 18.9 Å². The van der Waals surface area contributed by atoms with Gasteiger partial charge in [0, 0.05) is 19.0 Å². The predicted molar refractivity (Wildman–Crippen MR) is 75.2 cm³/mol. The van der Waals surface area contributed by atoms with Crippen LogP contribution in [0.25, 0.3) is 11.2 Å². The van der Waals surface area contributed by atoms with E-state index < -0.39 is 6.29 Å². The first-order valence-electron chi connectivity index (χ1n) is 6.83. The summed E-state index contributed by atoms with van der Waals surface area (Å²) in [6.45, 7) is 3.73. The molecule has 5 heteroatoms. The molecule has 0 amide bonds. The van der Waals surface area contributed by atoms with Gasteiger partial charge in [-0.2, -0.15) is 0 Å². The number of nitrogens with zero attached hydrogens (tertiary/aromatic N) is 2. The quantitative estimate of drug-likeness (QED) is 0.868. The van der Waals surface area contributed by atoms with Crippen LogP contribution in [0.2, 0.25) is 0 Å². The van der Waals surface area contributed by atoms with E-state index in [2.05, 4.69) is 17.1 Å². The van der Waals surface area contributed by atoms with Crippen molar-refractivity contribution in [3.63, 3.8) is 0 Å². The van der Waals surface area contributed by atoms with Crippen LogP contribution in [-0.4, -0.2) is 34.3 Å². The molecule has 1 atom stereocenters. The Labute approximate surface area is 117 Å². The Balaban J connectivity index is 1.92. The van der Waals surface area contributed by atoms with Gasteiger partial charge in [-0.1, -0.05) is 6.08 Å². The average Bonchev–Trinajstić information content (AvgIpc) is 2.91. The fourth-order valence-electron chi connectivity index (χ4n) is 2.35. The van der Waals surface area contributed by atoms with Crippen LogP contribution in [0.15, 0.2) is 30.6 Å². The van der Waals surface area contributed by atoms with E-state index in [1.54, 1.807) is 6.20 Å². The van der Waals surface area contributed by atoms with Crippen molar-refractivity contribution < 1.29 is 14.6 Å². The molecule has 1 aliphatic rings. The van der Waals surface area contributed by atoms with Gasteiger partial charge in [0.1, 0.15) is 11.3 Å². The minimum absolute atomic E-state index is 0.452. The smallest absolute Gasteiger partial charge is 0.200 e. The molecule has 0 saturated heterocycles. The first-order valence-corrected chi connectivity index (χ1v) is 6.83. The van der Waals surface area contributed by atoms with Gasteiger partial charge >= 0.3 is 0 Å². The molecule has 0 spiro atoms. The SMILES string of the molecule is CCOC(O)c1cn2cc(C3=CCOCC3)ccc2n1. The number of hydrogen-bond acceptors (Lipinski definition) is 4. The van der Waals surface area contributed by atoms with Crippen molar-refractivity contribution >= 4 is 11.2 Å². The molecule has 3 rings (SSSR count). The van der Waals surface area contributed by atoms with Crippen LogP contribution in [0.3, 0.4) is 0 Å². The molecule has 1 unspecified atom stereocenters. The Bertz CT molecular complexity index is 633. The zero-order chi connectivity index (χ0) is 13.9. The molecule has 5 nitrogen and oxygen atoms in total. The van der Waals surface area contributed by atoms with Crippen molar-refractivity contribution in [1.82, 2.24) is 9.38 Å². The molecule has 20 heavy (non-hydrogen) atoms. The van der Waals surface area contributed by atoms with Gasteiger partial charge in [-0.05, 0) is 36.6 Å². The van der Waals surface area contributed by atoms with Crippen LogP contribution < -0.4 is 0 Å². The summed E-state index contributed by atoms with van der Waals surface area (Å²) in [5.74, 6) is 0. The van der Waals surface area contributed by atoms with Gasteiger partial charge < -0.3 is 19.0 Å². The summed E-state index contributed by atoms with van der Waals surface area (Å²) in [4.78, 5) is 4.36. The van der Waals surface area contributed by atoms with Crippen LogP contribution in [-0.2, 0) is 9.47 Å². The van der Waals surface area contributed by atoms with Crippen molar-refractivity contribution in [2.75, 3.05) is 19.8 Å². The van der Waals surface area contributed by atoms with Crippen molar-refractivity contribution in [3.05, 3.63) is 41.9 Å². The predicted octanol–water partition coefficient (Wildman–Crippen LogP) is 2.17. The molecule has 2 aromatic heterocycles. The van der Waals surface area contributed by atoms with Crippen molar-refractivity contribution in [1.29, 1.82) is 0 Å². The highest BCUT2D eigenvalue weighted by Gasteiger charge is 2.13. The molecule has 0 bridgehead atoms. The Hall–Kier alpha value is -1.69. The molecular weight excluding hydrogens is 256 g/mol. The number of pyridine rings is 1. The van der Waals surface area contributed by atoms with E-state index in [-0.39, 0.29) is 0 Å². The standard InChI is InChI=1S/C15H18N2O3/c1-2-20-15(18)13-10-17-9-12(3-4-14(17)16-13)11-5-7-19-8-6-11/h3-5,9-10,15,18H,2,6-8H2,1H3. The number of hydrogen-bond donors (Lipinski definition) is 1. The zero-order valence-corrected chi connectivity index (χ0v) is 11.5. The van der Waals surface area contributed by atoms with E-state index in [0.717, 1.165) is 24.2 Å². The van der Waals surface area contributed by atoms with E-state index in [1.165, 1.54) is 5.57 Å². The first kappa shape index (κ1) is 13.3. The lowest BCUT2D eigenvalue weighted by molar-refractivity contribution is -0.100. The third-order valence-corrected chi connectivity index (χ3v) is 3.38. The van der Waals surface area contributed by atoms with Crippen molar-refractivity contribution in [2.45, 2.75) is 19.6 Å². The fourth-order valence-corrected chi connectivity index (χ4v) is 2.35. The molecule has 0 radical (unpaired) electrons. The number of imidazole rings is 1. The van der Waals surface area contributed by atoms with Gasteiger partial charge in [0.05, 0.1) is 13.2 Å². The highest BCUT2D eigenvalue weighted by Crippen LogP contribution is 2.22. The van der Waals surface area contributed by atoms with Gasteiger partial charge in [0.25, 0.3) is 0 Å². The summed E-state index contributed by atoms with van der Waals surface area (Å²) in [6, 6.07) is 4.00. The zero-order valence-electron chi connectivity index (χ0n) is 11.5. The average molecular weight is 274 g/mol. The maximum absolute atomic E-state index is 9.81. The highest BCUT2D eigenvalue weighted by molar-refractivity contribution is 5.67. The molecular formula is C15H18N2O3. The lowest BCUT2D eigenvalue weighted by Gasteiger charge is -2.13. The second-order valence-electron chi connectivity index (χ2n) is 4.71. The molecule has 106 valence electrons. The van der Waals surface area contributed by atoms with Gasteiger partial charge in [0.2, 0.25) is 0 Å². The number of rotatable bonds is 4. The number of aromatic nitrogens is 2. The summed E-state index contributed by atoms with van der Waals surface area (Å²) in [5, 5.41) is 9.81. The lowest BCUT2D eigenvalue weighted by atomic mass is 10.0. The normalized spacial score (nSPS) is 17.2. The Morgan fingerprint density at radius 3 is 3.10 bits per heavy atom. The van der Waals surface area contributed by atoms with Crippen molar-refractivity contribution in [2.24, 2.45) is 0 Å². The Morgan fingerprint density at radius 2 is 2.35 bits per heavy atom. The molecule has 0 aliphatic carbocycles. The van der Waals surface area contributed by atoms with E-state index in [4.69, 9.17) is 9.47 Å². The van der Waals surface area contributed by atoms with Crippen LogP contribution in [0.1, 0.15) is 30.9 Å². The largest absolute Gasteiger partial charge is 0.377 e. The topological polar surface area (TPSA) is 56.0 Å². The summed E-state index contributed by atoms with van der Waals surface area (Å²) >= 11 is 0. The molecule has 1 aliphatic heterocycles. The summed E-state index contributed by atoms with van der Waals surface area (Å²) < 4.78 is 12.4. The second kappa shape index (κ2) is 5.75. The Morgan fingerprint density at radius 1 is 1.45 bits per heavy atom. The minimum Gasteiger partial charge on any atom is -0.377 e. The van der Waals surface area contributed by atoms with E-state index in [9.17, 15) is 5.11 Å². The lowest BCUT2D eigenvalue weighted by Crippen LogP contribution is -2.04. The van der Waals surface area contributed by atoms with E-state index in [1.807, 2.05) is 23.6 Å². The first-order chi connectivity index (χ1) is 9.78. The van der Waals surface area contributed by atoms with Gasteiger partial charge in [-0.25, -0.2) is 4.98 Å². The van der Waals surface area contributed by atoms with E-state index >= 15 is 0 Å². The summed E-state index contributed by atoms with van der Waals surface area (Å²) in [5.41, 5.74) is 3.79. The minimum atomic E-state index is -0.967. The molecule has 0 fully saturated rings. The van der Waals surface area contributed by atoms with Crippen LogP contribution >= 0.6 is 0 Å². The highest BCUT2D eigenvalue weighted by atomic mass is 16.6. The number of fused-ring (bicyclic) bond motifs is 1. The van der Waals surface area contributed by atoms with Crippen LogP contribution in [0, 0.1) is 0 Å². The maximum atomic E-state index is 9.81. The molecule has 3 heterocycles. The fraction of sp³-hybridized carbons (Fsp3) is 0.400. The monoisotopic (exact) mass is 274 g/mol. The van der Waals surface area contributed by atoms with Crippen molar-refractivity contribution in [3.8, 4) is 0 Å². The number of aliphatic hydroxyl groups is 1. The van der Waals surface area contributed by atoms with Gasteiger partial charge in [0.15, 0.2) is 6.29 Å². The van der Waals surface area contributed by atoms with Crippen LogP contribution in [0.5, 0.6) is 0 Å². The van der Waals surface area contributed by atoms with Gasteiger partial charge in [-0.15, -0.1) is 0 Å². The Kier molecular flexibility index (Phi) is 3.82. The number of ether oxygens (including phenoxy) is 2. The maximum Gasteiger partial charge on any atom is 0.200 e. The second-order valence-corrected chi connectivity index (χ2v) is 4.71. The third kappa shape index (κ3) is 2.60. The molecule has 0 aromatic carbocycles. The molecule has 2 aromatic rings. The number of aliphatic hydroxyl groups excluding tert-OH is 1. The third-order valence-electron chi connectivity index (χ3n) is 3.38. The summed E-state index contributed by atoms with van der Waals surface area (Å²) in [7, 11) is 0. The van der Waals surface area contributed by atoms with Crippen LogP contribution in [0.4, 0.5) is 0 Å². The van der Waals surface area contributed by atoms with Gasteiger partial charge in [-0.3, -0.25) is 0 Å². The summed E-state index contributed by atoms with van der Waals surface area (Å²) in [6.07, 6.45) is 5.90. The molecule has 0 saturated carbocycles. The molecule has 1 N–H and O–H groups in total.